The molecule has 0 amide bonds. The zero-order chi connectivity index (χ0) is 25.2. The molecule has 0 fully saturated rings. The van der Waals surface area contributed by atoms with Crippen LogP contribution in [0.15, 0.2) is 88.9 Å². The van der Waals surface area contributed by atoms with E-state index in [0.717, 1.165) is 43.5 Å². The number of benzene rings is 3. The summed E-state index contributed by atoms with van der Waals surface area (Å²) < 4.78 is 6.52. The predicted octanol–water partition coefficient (Wildman–Crippen LogP) is 7.95. The number of halogens is 2. The van der Waals surface area contributed by atoms with Crippen LogP contribution in [-0.2, 0) is 4.79 Å². The van der Waals surface area contributed by atoms with Crippen LogP contribution in [-0.4, -0.2) is 23.4 Å². The average Bonchev–Trinajstić information content (AvgIpc) is 2.87. The summed E-state index contributed by atoms with van der Waals surface area (Å²) in [5.41, 5.74) is 6.05. The number of nitrogens with one attached hydrogen (secondary N) is 1. The number of ether oxygens (including phenoxy) is 1. The van der Waals surface area contributed by atoms with Gasteiger partial charge in [-0.1, -0.05) is 57.9 Å². The number of aromatic nitrogens is 1. The predicted molar refractivity (Wildman–Crippen MR) is 152 cm³/mol. The Balaban J connectivity index is 1.57. The standard InChI is InChI=1S/C30H24BrClN2O2/c1-3-36-23-12-9-20-15-21(30(32)34-26(20)17-23)10-14-27(35)28-18(2)33-25-13-11-22(31)16-24(25)29(28)19-7-5-4-6-8-19/h4-18,33H,3H2,1-2H3. The minimum Gasteiger partial charge on any atom is -0.494 e. The normalized spacial score (nSPS) is 15.2. The fourth-order valence-corrected chi connectivity index (χ4v) is 5.11. The van der Waals surface area contributed by atoms with Gasteiger partial charge in [0.15, 0.2) is 5.78 Å². The van der Waals surface area contributed by atoms with E-state index in [2.05, 4.69) is 26.2 Å². The number of carbonyl (C=O) groups excluding carboxylic acids is 1. The van der Waals surface area contributed by atoms with Crippen molar-refractivity contribution in [2.45, 2.75) is 19.9 Å². The van der Waals surface area contributed by atoms with E-state index in [9.17, 15) is 4.79 Å². The molecule has 1 aliphatic rings. The molecule has 4 aromatic rings. The molecule has 6 heteroatoms. The lowest BCUT2D eigenvalue weighted by Crippen LogP contribution is -2.28. The molecule has 36 heavy (non-hydrogen) atoms. The summed E-state index contributed by atoms with van der Waals surface area (Å²) in [5, 5.41) is 4.74. The van der Waals surface area contributed by atoms with Gasteiger partial charge in [0.25, 0.3) is 0 Å². The molecule has 0 saturated heterocycles. The third-order valence-electron chi connectivity index (χ3n) is 6.15. The van der Waals surface area contributed by atoms with Crippen LogP contribution in [0.1, 0.15) is 30.5 Å². The van der Waals surface area contributed by atoms with Crippen LogP contribution in [0.4, 0.5) is 5.69 Å². The molecule has 1 unspecified atom stereocenters. The van der Waals surface area contributed by atoms with Gasteiger partial charge in [-0.3, -0.25) is 4.79 Å². The highest BCUT2D eigenvalue weighted by atomic mass is 79.9. The first-order valence-electron chi connectivity index (χ1n) is 11.8. The van der Waals surface area contributed by atoms with Gasteiger partial charge in [0.2, 0.25) is 0 Å². The van der Waals surface area contributed by atoms with Crippen molar-refractivity contribution in [3.63, 3.8) is 0 Å². The van der Waals surface area contributed by atoms with Crippen LogP contribution >= 0.6 is 27.5 Å². The van der Waals surface area contributed by atoms with Crippen molar-refractivity contribution in [3.05, 3.63) is 111 Å². The zero-order valence-corrected chi connectivity index (χ0v) is 22.2. The number of hydrogen-bond acceptors (Lipinski definition) is 4. The lowest BCUT2D eigenvalue weighted by atomic mass is 9.84. The number of hydrogen-bond donors (Lipinski definition) is 1. The number of pyridine rings is 1. The van der Waals surface area contributed by atoms with Crippen molar-refractivity contribution in [2.75, 3.05) is 11.9 Å². The fraction of sp³-hybridized carbons (Fsp3) is 0.133. The Hall–Kier alpha value is -3.41. The number of rotatable bonds is 6. The summed E-state index contributed by atoms with van der Waals surface area (Å²) in [5.74, 6) is 0.667. The Bertz CT molecular complexity index is 1530. The van der Waals surface area contributed by atoms with E-state index in [0.29, 0.717) is 22.9 Å². The lowest BCUT2D eigenvalue weighted by Gasteiger charge is -2.29. The quantitative estimate of drug-likeness (QED) is 0.192. The van der Waals surface area contributed by atoms with E-state index in [-0.39, 0.29) is 11.8 Å². The summed E-state index contributed by atoms with van der Waals surface area (Å²) in [4.78, 5) is 18.2. The van der Waals surface area contributed by atoms with E-state index in [1.54, 1.807) is 12.2 Å². The highest BCUT2D eigenvalue weighted by Gasteiger charge is 2.28. The maximum atomic E-state index is 13.7. The average molecular weight is 560 g/mol. The smallest absolute Gasteiger partial charge is 0.184 e. The molecule has 2 heterocycles. The molecule has 0 bridgehead atoms. The highest BCUT2D eigenvalue weighted by Crippen LogP contribution is 2.40. The van der Waals surface area contributed by atoms with Crippen LogP contribution in [0, 0.1) is 0 Å². The molecule has 180 valence electrons. The molecule has 5 rings (SSSR count). The van der Waals surface area contributed by atoms with Crippen LogP contribution in [0.25, 0.3) is 22.6 Å². The first-order valence-corrected chi connectivity index (χ1v) is 12.9. The van der Waals surface area contributed by atoms with Gasteiger partial charge in [0.05, 0.1) is 18.2 Å². The van der Waals surface area contributed by atoms with E-state index in [1.165, 1.54) is 0 Å². The molecule has 1 N–H and O–H groups in total. The van der Waals surface area contributed by atoms with Crippen molar-refractivity contribution in [2.24, 2.45) is 0 Å². The summed E-state index contributed by atoms with van der Waals surface area (Å²) in [6.45, 7) is 4.53. The Morgan fingerprint density at radius 2 is 1.92 bits per heavy atom. The zero-order valence-electron chi connectivity index (χ0n) is 19.9. The number of ketones is 1. The Kier molecular flexibility index (Phi) is 6.95. The molecule has 0 radical (unpaired) electrons. The first kappa shape index (κ1) is 24.3. The third-order valence-corrected chi connectivity index (χ3v) is 6.94. The first-order chi connectivity index (χ1) is 17.4. The van der Waals surface area contributed by atoms with E-state index in [4.69, 9.17) is 16.3 Å². The molecule has 4 nitrogen and oxygen atoms in total. The van der Waals surface area contributed by atoms with Gasteiger partial charge in [0, 0.05) is 43.9 Å². The fourth-order valence-electron chi connectivity index (χ4n) is 4.54. The van der Waals surface area contributed by atoms with E-state index < -0.39 is 0 Å². The van der Waals surface area contributed by atoms with Gasteiger partial charge in [-0.2, -0.15) is 0 Å². The van der Waals surface area contributed by atoms with Crippen LogP contribution in [0.5, 0.6) is 5.75 Å². The largest absolute Gasteiger partial charge is 0.494 e. The van der Waals surface area contributed by atoms with Gasteiger partial charge in [0.1, 0.15) is 10.9 Å². The van der Waals surface area contributed by atoms with Crippen molar-refractivity contribution >= 4 is 61.6 Å². The topological polar surface area (TPSA) is 51.2 Å². The molecular formula is C30H24BrClN2O2. The monoisotopic (exact) mass is 558 g/mol. The maximum absolute atomic E-state index is 13.7. The number of allylic oxidation sites excluding steroid dienone is 1. The van der Waals surface area contributed by atoms with Crippen molar-refractivity contribution in [1.29, 1.82) is 0 Å². The minimum atomic E-state index is -0.173. The molecule has 1 aromatic heterocycles. The molecular weight excluding hydrogens is 536 g/mol. The van der Waals surface area contributed by atoms with Crippen LogP contribution in [0.3, 0.4) is 0 Å². The Morgan fingerprint density at radius 3 is 2.69 bits per heavy atom. The third kappa shape index (κ3) is 4.81. The second-order valence-electron chi connectivity index (χ2n) is 8.56. The lowest BCUT2D eigenvalue weighted by molar-refractivity contribution is -0.111. The van der Waals surface area contributed by atoms with E-state index >= 15 is 0 Å². The Morgan fingerprint density at radius 1 is 1.11 bits per heavy atom. The molecule has 0 aliphatic carbocycles. The SMILES string of the molecule is CCOc1ccc2cc(C=CC(=O)C3=C(c4ccccc4)c4cc(Br)ccc4NC3C)c(Cl)nc2c1. The number of carbonyl (C=O) groups is 1. The van der Waals surface area contributed by atoms with Gasteiger partial charge in [-0.05, 0) is 68.0 Å². The summed E-state index contributed by atoms with van der Waals surface area (Å²) in [7, 11) is 0. The van der Waals surface area contributed by atoms with E-state index in [1.807, 2.05) is 86.6 Å². The second-order valence-corrected chi connectivity index (χ2v) is 9.84. The molecule has 1 aliphatic heterocycles. The molecule has 0 spiro atoms. The highest BCUT2D eigenvalue weighted by molar-refractivity contribution is 9.10. The Labute approximate surface area is 223 Å². The summed E-state index contributed by atoms with van der Waals surface area (Å²) in [6, 6.07) is 23.6. The number of fused-ring (bicyclic) bond motifs is 2. The molecule has 1 atom stereocenters. The van der Waals surface area contributed by atoms with Crippen LogP contribution < -0.4 is 10.1 Å². The van der Waals surface area contributed by atoms with Gasteiger partial charge in [-0.15, -0.1) is 0 Å². The van der Waals surface area contributed by atoms with Crippen molar-refractivity contribution in [1.82, 2.24) is 4.98 Å². The summed E-state index contributed by atoms with van der Waals surface area (Å²) in [6.07, 6.45) is 3.33. The molecule has 3 aromatic carbocycles. The summed E-state index contributed by atoms with van der Waals surface area (Å²) >= 11 is 10.1. The van der Waals surface area contributed by atoms with Gasteiger partial charge in [-0.25, -0.2) is 4.98 Å². The van der Waals surface area contributed by atoms with Gasteiger partial charge < -0.3 is 10.1 Å². The van der Waals surface area contributed by atoms with Crippen molar-refractivity contribution in [3.8, 4) is 5.75 Å². The minimum absolute atomic E-state index is 0.0812. The van der Waals surface area contributed by atoms with Gasteiger partial charge >= 0.3 is 0 Å². The number of anilines is 1. The molecule has 0 saturated carbocycles. The maximum Gasteiger partial charge on any atom is 0.184 e. The second kappa shape index (κ2) is 10.3. The number of nitrogens with zero attached hydrogens (tertiary/aromatic N) is 1. The van der Waals surface area contributed by atoms with Crippen molar-refractivity contribution < 1.29 is 9.53 Å². The van der Waals surface area contributed by atoms with Crippen LogP contribution in [0.2, 0.25) is 5.15 Å².